The molecule has 31 heavy (non-hydrogen) atoms. The van der Waals surface area contributed by atoms with Crippen molar-refractivity contribution < 1.29 is 26.7 Å². The van der Waals surface area contributed by atoms with Crippen LogP contribution in [0.4, 0.5) is 22.0 Å². The van der Waals surface area contributed by atoms with Crippen molar-refractivity contribution in [1.29, 1.82) is 0 Å². The third kappa shape index (κ3) is 4.84. The molecular formula is C25H21F5O. The van der Waals surface area contributed by atoms with Gasteiger partial charge in [-0.3, -0.25) is 4.79 Å². The predicted molar refractivity (Wildman–Crippen MR) is 110 cm³/mol. The summed E-state index contributed by atoms with van der Waals surface area (Å²) >= 11 is 0. The quantitative estimate of drug-likeness (QED) is 0.155. The molecule has 3 aromatic rings. The van der Waals surface area contributed by atoms with Crippen molar-refractivity contribution in [2.75, 3.05) is 0 Å². The number of aryl methyl sites for hydroxylation is 1. The van der Waals surface area contributed by atoms with Crippen molar-refractivity contribution in [2.24, 2.45) is 0 Å². The number of aldehydes is 1. The van der Waals surface area contributed by atoms with Gasteiger partial charge in [-0.15, -0.1) is 0 Å². The highest BCUT2D eigenvalue weighted by Crippen LogP contribution is 2.38. The van der Waals surface area contributed by atoms with E-state index in [1.165, 1.54) is 0 Å². The van der Waals surface area contributed by atoms with Gasteiger partial charge in [-0.2, -0.15) is 0 Å². The van der Waals surface area contributed by atoms with Gasteiger partial charge >= 0.3 is 0 Å². The summed E-state index contributed by atoms with van der Waals surface area (Å²) in [5, 5.41) is 0. The Morgan fingerprint density at radius 1 is 0.742 bits per heavy atom. The van der Waals surface area contributed by atoms with Crippen molar-refractivity contribution in [3.05, 3.63) is 82.7 Å². The maximum Gasteiger partial charge on any atom is 0.194 e. The van der Waals surface area contributed by atoms with E-state index in [1.807, 2.05) is 0 Å². The van der Waals surface area contributed by atoms with Crippen LogP contribution in [-0.2, 0) is 6.42 Å². The summed E-state index contributed by atoms with van der Waals surface area (Å²) in [5.74, 6) is -6.97. The first-order valence-corrected chi connectivity index (χ1v) is 10.1. The third-order valence-electron chi connectivity index (χ3n) is 5.23. The van der Waals surface area contributed by atoms with Gasteiger partial charge in [0.15, 0.2) is 23.7 Å². The fraction of sp³-hybridized carbons (Fsp3) is 0.240. The van der Waals surface area contributed by atoms with Crippen molar-refractivity contribution in [1.82, 2.24) is 0 Å². The van der Waals surface area contributed by atoms with Gasteiger partial charge < -0.3 is 0 Å². The van der Waals surface area contributed by atoms with Gasteiger partial charge in [-0.1, -0.05) is 50.5 Å². The molecule has 0 radical (unpaired) electrons. The molecule has 3 aromatic carbocycles. The lowest BCUT2D eigenvalue weighted by Gasteiger charge is -2.15. The fourth-order valence-electron chi connectivity index (χ4n) is 3.56. The summed E-state index contributed by atoms with van der Waals surface area (Å²) in [6, 6.07) is 8.96. The van der Waals surface area contributed by atoms with Gasteiger partial charge in [0.2, 0.25) is 0 Å². The van der Waals surface area contributed by atoms with Crippen LogP contribution in [0.1, 0.15) is 48.5 Å². The highest BCUT2D eigenvalue weighted by atomic mass is 19.2. The van der Waals surface area contributed by atoms with Crippen molar-refractivity contribution in [2.45, 2.75) is 39.0 Å². The van der Waals surface area contributed by atoms with E-state index in [0.29, 0.717) is 17.7 Å². The van der Waals surface area contributed by atoms with E-state index >= 15 is 4.39 Å². The lowest BCUT2D eigenvalue weighted by Crippen LogP contribution is -2.01. The zero-order valence-corrected chi connectivity index (χ0v) is 17.0. The number of rotatable bonds is 8. The Bertz CT molecular complexity index is 1070. The maximum absolute atomic E-state index is 15.1. The number of halogens is 5. The topological polar surface area (TPSA) is 17.1 Å². The van der Waals surface area contributed by atoms with Crippen LogP contribution in [0.15, 0.2) is 42.5 Å². The summed E-state index contributed by atoms with van der Waals surface area (Å²) in [5.41, 5.74) is -0.0762. The van der Waals surface area contributed by atoms with E-state index in [1.54, 1.807) is 24.3 Å². The van der Waals surface area contributed by atoms with Crippen LogP contribution in [0.5, 0.6) is 0 Å². The highest BCUT2D eigenvalue weighted by Gasteiger charge is 2.22. The Labute approximate surface area is 177 Å². The van der Waals surface area contributed by atoms with Crippen LogP contribution in [0, 0.1) is 29.1 Å². The molecule has 1 nitrogen and oxygen atoms in total. The first-order chi connectivity index (χ1) is 14.9. The van der Waals surface area contributed by atoms with Gasteiger partial charge in [0.1, 0.15) is 11.6 Å². The van der Waals surface area contributed by atoms with Crippen LogP contribution >= 0.6 is 0 Å². The van der Waals surface area contributed by atoms with Gasteiger partial charge in [0, 0.05) is 5.56 Å². The van der Waals surface area contributed by atoms with E-state index in [-0.39, 0.29) is 23.0 Å². The average Bonchev–Trinajstić information content (AvgIpc) is 2.75. The second-order valence-electron chi connectivity index (χ2n) is 7.39. The van der Waals surface area contributed by atoms with Crippen molar-refractivity contribution in [3.8, 4) is 22.3 Å². The highest BCUT2D eigenvalue weighted by molar-refractivity contribution is 5.89. The molecule has 162 valence electrons. The lowest BCUT2D eigenvalue weighted by atomic mass is 9.91. The first kappa shape index (κ1) is 22.7. The Morgan fingerprint density at radius 2 is 1.39 bits per heavy atom. The Hall–Kier alpha value is -3.02. The molecule has 0 aliphatic rings. The molecule has 0 unspecified atom stereocenters. The molecule has 0 saturated carbocycles. The molecule has 0 aromatic heterocycles. The maximum atomic E-state index is 15.1. The van der Waals surface area contributed by atoms with Crippen LogP contribution < -0.4 is 0 Å². The molecule has 3 rings (SSSR count). The standard InChI is InChI=1S/C25H21F5O/c1-2-3-4-5-6-15-7-9-16(10-8-15)23-18(13-20(26)19(14-31)24(23)29)17-11-21(27)25(30)22(28)12-17/h7-14H,2-6H2,1H3. The van der Waals surface area contributed by atoms with Gasteiger partial charge in [0.05, 0.1) is 5.56 Å². The summed E-state index contributed by atoms with van der Waals surface area (Å²) in [7, 11) is 0. The molecule has 0 N–H and O–H groups in total. The van der Waals surface area contributed by atoms with E-state index in [0.717, 1.165) is 43.7 Å². The first-order valence-electron chi connectivity index (χ1n) is 10.1. The molecule has 0 aliphatic carbocycles. The SMILES string of the molecule is CCCCCCc1ccc(-c2c(-c3cc(F)c(F)c(F)c3)cc(F)c(C=O)c2F)cc1. The minimum atomic E-state index is -1.68. The van der Waals surface area contributed by atoms with E-state index in [2.05, 4.69) is 6.92 Å². The van der Waals surface area contributed by atoms with E-state index < -0.39 is 34.6 Å². The van der Waals surface area contributed by atoms with Crippen LogP contribution in [-0.4, -0.2) is 6.29 Å². The molecule has 6 heteroatoms. The van der Waals surface area contributed by atoms with Crippen molar-refractivity contribution >= 4 is 6.29 Å². The number of carbonyl (C=O) groups excluding carboxylic acids is 1. The fourth-order valence-corrected chi connectivity index (χ4v) is 3.56. The Kier molecular flexibility index (Phi) is 7.21. The smallest absolute Gasteiger partial charge is 0.194 e. The molecule has 0 amide bonds. The number of unbranched alkanes of at least 4 members (excludes halogenated alkanes) is 3. The zero-order valence-electron chi connectivity index (χ0n) is 17.0. The number of carbonyl (C=O) groups is 1. The second-order valence-corrected chi connectivity index (χ2v) is 7.39. The molecule has 0 aliphatic heterocycles. The molecule has 0 saturated heterocycles. The minimum Gasteiger partial charge on any atom is -0.298 e. The summed E-state index contributed by atoms with van der Waals surface area (Å²) in [6.07, 6.45) is 5.25. The molecular weight excluding hydrogens is 411 g/mol. The molecule has 0 spiro atoms. The van der Waals surface area contributed by atoms with E-state index in [9.17, 15) is 22.4 Å². The lowest BCUT2D eigenvalue weighted by molar-refractivity contribution is 0.111. The number of hydrogen-bond acceptors (Lipinski definition) is 1. The summed E-state index contributed by atoms with van der Waals surface area (Å²) in [6.45, 7) is 2.12. The van der Waals surface area contributed by atoms with E-state index in [4.69, 9.17) is 0 Å². The van der Waals surface area contributed by atoms with Crippen LogP contribution in [0.2, 0.25) is 0 Å². The van der Waals surface area contributed by atoms with Crippen LogP contribution in [0.25, 0.3) is 22.3 Å². The van der Waals surface area contributed by atoms with Crippen molar-refractivity contribution in [3.63, 3.8) is 0 Å². The normalized spacial score (nSPS) is 11.0. The minimum absolute atomic E-state index is 0.0475. The Balaban J connectivity index is 2.10. The second kappa shape index (κ2) is 9.86. The van der Waals surface area contributed by atoms with Gasteiger partial charge in [0.25, 0.3) is 0 Å². The predicted octanol–water partition coefficient (Wildman–Crippen LogP) is 7.65. The summed E-state index contributed by atoms with van der Waals surface area (Å²) < 4.78 is 70.3. The van der Waals surface area contributed by atoms with Gasteiger partial charge in [-0.25, -0.2) is 22.0 Å². The molecule has 0 heterocycles. The zero-order chi connectivity index (χ0) is 22.5. The number of hydrogen-bond donors (Lipinski definition) is 0. The van der Waals surface area contributed by atoms with Gasteiger partial charge in [-0.05, 0) is 53.3 Å². The molecule has 0 atom stereocenters. The van der Waals surface area contributed by atoms with Crippen LogP contribution in [0.3, 0.4) is 0 Å². The third-order valence-corrected chi connectivity index (χ3v) is 5.23. The summed E-state index contributed by atoms with van der Waals surface area (Å²) in [4.78, 5) is 11.2. The largest absolute Gasteiger partial charge is 0.298 e. The molecule has 0 fully saturated rings. The molecule has 0 bridgehead atoms. The monoisotopic (exact) mass is 432 g/mol. The number of benzene rings is 3. The Morgan fingerprint density at radius 3 is 1.97 bits per heavy atom. The average molecular weight is 432 g/mol.